The molecular weight excluding hydrogens is 293 g/mol. The van der Waals surface area contributed by atoms with Crippen molar-refractivity contribution in [2.24, 2.45) is 5.73 Å². The van der Waals surface area contributed by atoms with Gasteiger partial charge in [-0.3, -0.25) is 4.79 Å². The number of ketones is 1. The second kappa shape index (κ2) is 5.97. The highest BCUT2D eigenvalue weighted by Crippen LogP contribution is 2.37. The molecule has 0 amide bonds. The van der Waals surface area contributed by atoms with E-state index in [1.165, 1.54) is 20.3 Å². The molecule has 0 unspecified atom stereocenters. The summed E-state index contributed by atoms with van der Waals surface area (Å²) in [4.78, 5) is 11.7. The molecule has 1 aromatic rings. The highest BCUT2D eigenvalue weighted by Gasteiger charge is 2.22. The first-order valence-electron chi connectivity index (χ1n) is 4.90. The van der Waals surface area contributed by atoms with Crippen molar-refractivity contribution in [3.8, 4) is 11.5 Å². The monoisotopic (exact) mass is 305 g/mol. The van der Waals surface area contributed by atoms with Gasteiger partial charge >= 0.3 is 0 Å². The Labute approximate surface area is 107 Å². The summed E-state index contributed by atoms with van der Waals surface area (Å²) in [6.45, 7) is 0.202. The van der Waals surface area contributed by atoms with Crippen LogP contribution in [0.25, 0.3) is 0 Å². The molecule has 0 spiro atoms. The van der Waals surface area contributed by atoms with Gasteiger partial charge in [0, 0.05) is 6.42 Å². The van der Waals surface area contributed by atoms with Crippen LogP contribution >= 0.6 is 15.9 Å². The van der Waals surface area contributed by atoms with E-state index in [-0.39, 0.29) is 35.8 Å². The van der Waals surface area contributed by atoms with Gasteiger partial charge < -0.3 is 15.2 Å². The number of methoxy groups -OCH3 is 2. The van der Waals surface area contributed by atoms with Gasteiger partial charge in [0.1, 0.15) is 0 Å². The molecule has 0 radical (unpaired) electrons. The van der Waals surface area contributed by atoms with E-state index in [1.807, 2.05) is 0 Å². The van der Waals surface area contributed by atoms with Crippen molar-refractivity contribution in [1.82, 2.24) is 0 Å². The zero-order valence-corrected chi connectivity index (χ0v) is 11.1. The Kier molecular flexibility index (Phi) is 4.89. The molecule has 17 heavy (non-hydrogen) atoms. The first kappa shape index (κ1) is 13.9. The molecule has 0 fully saturated rings. The highest BCUT2D eigenvalue weighted by molar-refractivity contribution is 9.10. The highest BCUT2D eigenvalue weighted by atomic mass is 79.9. The molecule has 0 saturated carbocycles. The lowest BCUT2D eigenvalue weighted by molar-refractivity contribution is 0.0981. The third-order valence-corrected chi connectivity index (χ3v) is 2.80. The van der Waals surface area contributed by atoms with Gasteiger partial charge in [-0.05, 0) is 28.5 Å². The van der Waals surface area contributed by atoms with Crippen molar-refractivity contribution in [2.45, 2.75) is 6.42 Å². The number of carbonyl (C=O) groups excluding carboxylic acids is 1. The SMILES string of the molecule is COc1c(Br)cc(C(=O)CCN)c(OC)c1F. The Morgan fingerprint density at radius 1 is 1.41 bits per heavy atom. The van der Waals surface area contributed by atoms with E-state index in [0.29, 0.717) is 4.47 Å². The van der Waals surface area contributed by atoms with E-state index in [1.54, 1.807) is 0 Å². The van der Waals surface area contributed by atoms with Crippen molar-refractivity contribution >= 4 is 21.7 Å². The summed E-state index contributed by atoms with van der Waals surface area (Å²) < 4.78 is 24.1. The van der Waals surface area contributed by atoms with Crippen LogP contribution in [0.5, 0.6) is 11.5 Å². The molecule has 0 aliphatic rings. The van der Waals surface area contributed by atoms with Crippen LogP contribution in [0.3, 0.4) is 0 Å². The molecule has 0 aromatic heterocycles. The van der Waals surface area contributed by atoms with Crippen LogP contribution in [0.1, 0.15) is 16.8 Å². The number of nitrogens with two attached hydrogens (primary N) is 1. The maximum absolute atomic E-state index is 13.9. The number of hydrogen-bond acceptors (Lipinski definition) is 4. The summed E-state index contributed by atoms with van der Waals surface area (Å²) in [5, 5.41) is 0. The summed E-state index contributed by atoms with van der Waals surface area (Å²) in [7, 11) is 2.63. The van der Waals surface area contributed by atoms with Crippen molar-refractivity contribution in [3.05, 3.63) is 21.9 Å². The first-order chi connectivity index (χ1) is 8.06. The molecule has 6 heteroatoms. The van der Waals surface area contributed by atoms with Crippen LogP contribution in [0, 0.1) is 5.82 Å². The standard InChI is InChI=1S/C11H13BrFNO3/c1-16-10-6(8(15)3-4-14)5-7(12)11(17-2)9(10)13/h5H,3-4,14H2,1-2H3. The summed E-state index contributed by atoms with van der Waals surface area (Å²) >= 11 is 3.14. The lowest BCUT2D eigenvalue weighted by Crippen LogP contribution is -2.10. The predicted molar refractivity (Wildman–Crippen MR) is 65.2 cm³/mol. The second-order valence-electron chi connectivity index (χ2n) is 3.25. The van der Waals surface area contributed by atoms with E-state index in [0.717, 1.165) is 0 Å². The topological polar surface area (TPSA) is 61.5 Å². The van der Waals surface area contributed by atoms with Crippen molar-refractivity contribution in [3.63, 3.8) is 0 Å². The number of carbonyl (C=O) groups is 1. The number of ether oxygens (including phenoxy) is 2. The average Bonchev–Trinajstić information content (AvgIpc) is 2.29. The minimum absolute atomic E-state index is 0.00569. The molecule has 0 atom stereocenters. The number of halogens is 2. The molecule has 0 heterocycles. The molecular formula is C11H13BrFNO3. The van der Waals surface area contributed by atoms with E-state index in [4.69, 9.17) is 15.2 Å². The quantitative estimate of drug-likeness (QED) is 0.847. The van der Waals surface area contributed by atoms with Crippen LogP contribution in [0.2, 0.25) is 0 Å². The van der Waals surface area contributed by atoms with Gasteiger partial charge in [0.2, 0.25) is 5.82 Å². The van der Waals surface area contributed by atoms with Crippen LogP contribution in [-0.2, 0) is 0 Å². The zero-order valence-electron chi connectivity index (χ0n) is 9.55. The van der Waals surface area contributed by atoms with Crippen molar-refractivity contribution in [1.29, 1.82) is 0 Å². The summed E-state index contributed by atoms with van der Waals surface area (Å²) in [6.07, 6.45) is 0.134. The minimum atomic E-state index is -0.704. The molecule has 1 aromatic carbocycles. The smallest absolute Gasteiger partial charge is 0.208 e. The fourth-order valence-corrected chi connectivity index (χ4v) is 2.01. The van der Waals surface area contributed by atoms with E-state index >= 15 is 0 Å². The average molecular weight is 306 g/mol. The first-order valence-corrected chi connectivity index (χ1v) is 5.69. The summed E-state index contributed by atoms with van der Waals surface area (Å²) in [6, 6.07) is 1.47. The predicted octanol–water partition coefficient (Wildman–Crippen LogP) is 2.14. The molecule has 4 nitrogen and oxygen atoms in total. The molecule has 0 aliphatic carbocycles. The van der Waals surface area contributed by atoms with Crippen LogP contribution in [-0.4, -0.2) is 26.5 Å². The number of benzene rings is 1. The molecule has 2 N–H and O–H groups in total. The summed E-state index contributed by atoms with van der Waals surface area (Å²) in [5.41, 5.74) is 5.45. The fraction of sp³-hybridized carbons (Fsp3) is 0.364. The lowest BCUT2D eigenvalue weighted by Gasteiger charge is -2.13. The molecule has 0 bridgehead atoms. The molecule has 94 valence electrons. The Morgan fingerprint density at radius 3 is 2.47 bits per heavy atom. The van der Waals surface area contributed by atoms with Crippen LogP contribution in [0.4, 0.5) is 4.39 Å². The van der Waals surface area contributed by atoms with Gasteiger partial charge in [0.25, 0.3) is 0 Å². The van der Waals surface area contributed by atoms with Gasteiger partial charge in [-0.15, -0.1) is 0 Å². The Hall–Kier alpha value is -1.14. The van der Waals surface area contributed by atoms with Gasteiger partial charge in [-0.2, -0.15) is 4.39 Å². The zero-order chi connectivity index (χ0) is 13.0. The van der Waals surface area contributed by atoms with Crippen molar-refractivity contribution < 1.29 is 18.7 Å². The molecule has 1 rings (SSSR count). The normalized spacial score (nSPS) is 10.2. The Morgan fingerprint density at radius 2 is 2.00 bits per heavy atom. The minimum Gasteiger partial charge on any atom is -0.493 e. The largest absolute Gasteiger partial charge is 0.493 e. The molecule has 0 saturated heterocycles. The third-order valence-electron chi connectivity index (χ3n) is 2.21. The summed E-state index contributed by atoms with van der Waals surface area (Å²) in [5.74, 6) is -1.09. The van der Waals surface area contributed by atoms with Gasteiger partial charge in [-0.1, -0.05) is 0 Å². The second-order valence-corrected chi connectivity index (χ2v) is 4.10. The number of rotatable bonds is 5. The Bertz CT molecular complexity index is 437. The fourth-order valence-electron chi connectivity index (χ4n) is 1.44. The van der Waals surface area contributed by atoms with E-state index in [2.05, 4.69) is 15.9 Å². The van der Waals surface area contributed by atoms with Crippen LogP contribution in [0.15, 0.2) is 10.5 Å². The van der Waals surface area contributed by atoms with E-state index < -0.39 is 5.82 Å². The third kappa shape index (κ3) is 2.76. The maximum Gasteiger partial charge on any atom is 0.208 e. The van der Waals surface area contributed by atoms with Crippen LogP contribution < -0.4 is 15.2 Å². The lowest BCUT2D eigenvalue weighted by atomic mass is 10.1. The maximum atomic E-state index is 13.9. The van der Waals surface area contributed by atoms with E-state index in [9.17, 15) is 9.18 Å². The number of hydrogen-bond donors (Lipinski definition) is 1. The van der Waals surface area contributed by atoms with Gasteiger partial charge in [0.05, 0.1) is 24.3 Å². The van der Waals surface area contributed by atoms with Crippen molar-refractivity contribution in [2.75, 3.05) is 20.8 Å². The molecule has 0 aliphatic heterocycles. The van der Waals surface area contributed by atoms with Gasteiger partial charge in [-0.25, -0.2) is 0 Å². The number of Topliss-reactive ketones (excluding diaryl/α,β-unsaturated/α-hetero) is 1. The Balaban J connectivity index is 3.36. The van der Waals surface area contributed by atoms with Gasteiger partial charge in [0.15, 0.2) is 17.3 Å².